The van der Waals surface area contributed by atoms with Gasteiger partial charge in [0.2, 0.25) is 0 Å². The lowest BCUT2D eigenvalue weighted by Crippen LogP contribution is -2.24. The second kappa shape index (κ2) is 6.52. The highest BCUT2D eigenvalue weighted by atomic mass is 79.9. The first kappa shape index (κ1) is 13.8. The summed E-state index contributed by atoms with van der Waals surface area (Å²) in [7, 11) is 0. The van der Waals surface area contributed by atoms with Crippen molar-refractivity contribution in [2.45, 2.75) is 19.8 Å². The molecule has 0 saturated heterocycles. The van der Waals surface area contributed by atoms with Gasteiger partial charge in [-0.05, 0) is 18.6 Å². The van der Waals surface area contributed by atoms with E-state index in [1.165, 1.54) is 0 Å². The maximum atomic E-state index is 12.1. The van der Waals surface area contributed by atoms with Crippen LogP contribution < -0.4 is 5.32 Å². The lowest BCUT2D eigenvalue weighted by Gasteiger charge is -2.05. The first-order valence-electron chi connectivity index (χ1n) is 6.30. The smallest absolute Gasteiger partial charge is 0.255 e. The van der Waals surface area contributed by atoms with Crippen LogP contribution in [0.15, 0.2) is 34.9 Å². The number of aromatic nitrogens is 2. The van der Waals surface area contributed by atoms with E-state index >= 15 is 0 Å². The van der Waals surface area contributed by atoms with Crippen molar-refractivity contribution in [3.63, 3.8) is 0 Å². The highest BCUT2D eigenvalue weighted by molar-refractivity contribution is 9.10. The summed E-state index contributed by atoms with van der Waals surface area (Å²) >= 11 is 3.43. The van der Waals surface area contributed by atoms with Crippen LogP contribution in [0, 0.1) is 0 Å². The summed E-state index contributed by atoms with van der Waals surface area (Å²) in [5.74, 6) is -0.0859. The van der Waals surface area contributed by atoms with Gasteiger partial charge in [-0.15, -0.1) is 0 Å². The number of unbranched alkanes of at least 4 members (excludes halogenated alkanes) is 1. The second-order valence-corrected chi connectivity index (χ2v) is 5.19. The maximum absolute atomic E-state index is 12.1. The molecule has 0 spiro atoms. The van der Waals surface area contributed by atoms with E-state index in [0.717, 1.165) is 28.6 Å². The Kier molecular flexibility index (Phi) is 4.74. The SMILES string of the molecule is CCCCNC(=O)c1cn[nH]c1-c1cccc(Br)c1. The second-order valence-electron chi connectivity index (χ2n) is 4.28. The fourth-order valence-electron chi connectivity index (χ4n) is 1.80. The predicted octanol–water partition coefficient (Wildman–Crippen LogP) is 3.37. The van der Waals surface area contributed by atoms with E-state index in [2.05, 4.69) is 38.4 Å². The van der Waals surface area contributed by atoms with Gasteiger partial charge in [0.05, 0.1) is 17.5 Å². The zero-order valence-corrected chi connectivity index (χ0v) is 12.3. The van der Waals surface area contributed by atoms with Crippen molar-refractivity contribution in [1.29, 1.82) is 0 Å². The molecular weight excluding hydrogens is 306 g/mol. The summed E-state index contributed by atoms with van der Waals surface area (Å²) in [4.78, 5) is 12.1. The third-order valence-corrected chi connectivity index (χ3v) is 3.31. The van der Waals surface area contributed by atoms with Crippen LogP contribution in [-0.4, -0.2) is 22.6 Å². The molecule has 19 heavy (non-hydrogen) atoms. The van der Waals surface area contributed by atoms with Crippen molar-refractivity contribution in [2.75, 3.05) is 6.54 Å². The Morgan fingerprint density at radius 1 is 1.47 bits per heavy atom. The van der Waals surface area contributed by atoms with E-state index in [9.17, 15) is 4.79 Å². The molecule has 4 nitrogen and oxygen atoms in total. The molecule has 0 atom stereocenters. The fourth-order valence-corrected chi connectivity index (χ4v) is 2.20. The Morgan fingerprint density at radius 2 is 2.32 bits per heavy atom. The number of carbonyl (C=O) groups excluding carboxylic acids is 1. The maximum Gasteiger partial charge on any atom is 0.255 e. The van der Waals surface area contributed by atoms with Crippen LogP contribution >= 0.6 is 15.9 Å². The Morgan fingerprint density at radius 3 is 3.05 bits per heavy atom. The fraction of sp³-hybridized carbons (Fsp3) is 0.286. The lowest BCUT2D eigenvalue weighted by molar-refractivity contribution is 0.0954. The zero-order valence-electron chi connectivity index (χ0n) is 10.7. The van der Waals surface area contributed by atoms with Gasteiger partial charge in [0.15, 0.2) is 0 Å². The van der Waals surface area contributed by atoms with Gasteiger partial charge < -0.3 is 5.32 Å². The third kappa shape index (κ3) is 3.44. The summed E-state index contributed by atoms with van der Waals surface area (Å²) in [6.07, 6.45) is 3.61. The topological polar surface area (TPSA) is 57.8 Å². The Balaban J connectivity index is 2.20. The van der Waals surface area contributed by atoms with E-state index in [0.29, 0.717) is 12.1 Å². The minimum atomic E-state index is -0.0859. The number of amides is 1. The van der Waals surface area contributed by atoms with Crippen LogP contribution in [0.3, 0.4) is 0 Å². The Labute approximate surface area is 120 Å². The molecule has 1 aromatic heterocycles. The van der Waals surface area contributed by atoms with Crippen molar-refractivity contribution in [3.8, 4) is 11.3 Å². The van der Waals surface area contributed by atoms with Gasteiger partial charge in [-0.1, -0.05) is 41.4 Å². The standard InChI is InChI=1S/C14H16BrN3O/c1-2-3-7-16-14(19)12-9-17-18-13(12)10-5-4-6-11(15)8-10/h4-6,8-9H,2-3,7H2,1H3,(H,16,19)(H,17,18). The van der Waals surface area contributed by atoms with E-state index in [4.69, 9.17) is 0 Å². The number of benzene rings is 1. The molecule has 1 amide bonds. The van der Waals surface area contributed by atoms with Gasteiger partial charge >= 0.3 is 0 Å². The highest BCUT2D eigenvalue weighted by Crippen LogP contribution is 2.24. The summed E-state index contributed by atoms with van der Waals surface area (Å²) in [5.41, 5.74) is 2.26. The first-order valence-corrected chi connectivity index (χ1v) is 7.09. The molecule has 1 aromatic carbocycles. The molecule has 2 aromatic rings. The summed E-state index contributed by atoms with van der Waals surface area (Å²) < 4.78 is 0.969. The van der Waals surface area contributed by atoms with Gasteiger partial charge in [0.25, 0.3) is 5.91 Å². The average molecular weight is 322 g/mol. The number of rotatable bonds is 5. The van der Waals surface area contributed by atoms with Crippen molar-refractivity contribution >= 4 is 21.8 Å². The molecule has 0 unspecified atom stereocenters. The molecule has 0 bridgehead atoms. The summed E-state index contributed by atoms with van der Waals surface area (Å²) in [6.45, 7) is 2.79. The van der Waals surface area contributed by atoms with Crippen LogP contribution in [0.2, 0.25) is 0 Å². The number of carbonyl (C=O) groups is 1. The van der Waals surface area contributed by atoms with Crippen molar-refractivity contribution in [2.24, 2.45) is 0 Å². The monoisotopic (exact) mass is 321 g/mol. The molecule has 5 heteroatoms. The van der Waals surface area contributed by atoms with E-state index in [-0.39, 0.29) is 5.91 Å². The summed E-state index contributed by atoms with van der Waals surface area (Å²) in [5, 5.41) is 9.77. The average Bonchev–Trinajstić information content (AvgIpc) is 2.88. The van der Waals surface area contributed by atoms with E-state index in [1.54, 1.807) is 6.20 Å². The molecule has 0 aliphatic heterocycles. The Bertz CT molecular complexity index is 565. The van der Waals surface area contributed by atoms with Crippen LogP contribution in [0.5, 0.6) is 0 Å². The number of aromatic amines is 1. The number of nitrogens with zero attached hydrogens (tertiary/aromatic N) is 1. The molecule has 2 N–H and O–H groups in total. The van der Waals surface area contributed by atoms with Crippen LogP contribution in [0.25, 0.3) is 11.3 Å². The Hall–Kier alpha value is -1.62. The zero-order chi connectivity index (χ0) is 13.7. The number of hydrogen-bond acceptors (Lipinski definition) is 2. The van der Waals surface area contributed by atoms with E-state index in [1.807, 2.05) is 24.3 Å². The van der Waals surface area contributed by atoms with Gasteiger partial charge in [0, 0.05) is 16.6 Å². The minimum absolute atomic E-state index is 0.0859. The number of hydrogen-bond donors (Lipinski definition) is 2. The van der Waals surface area contributed by atoms with Crippen LogP contribution in [-0.2, 0) is 0 Å². The van der Waals surface area contributed by atoms with Gasteiger partial charge in [-0.2, -0.15) is 5.10 Å². The van der Waals surface area contributed by atoms with E-state index < -0.39 is 0 Å². The minimum Gasteiger partial charge on any atom is -0.352 e. The predicted molar refractivity (Wildman–Crippen MR) is 79.0 cm³/mol. The third-order valence-electron chi connectivity index (χ3n) is 2.81. The summed E-state index contributed by atoms with van der Waals surface area (Å²) in [6, 6.07) is 7.78. The van der Waals surface area contributed by atoms with Crippen LogP contribution in [0.4, 0.5) is 0 Å². The van der Waals surface area contributed by atoms with Crippen molar-refractivity contribution < 1.29 is 4.79 Å². The number of halogens is 1. The quantitative estimate of drug-likeness (QED) is 0.829. The molecular formula is C14H16BrN3O. The molecule has 0 radical (unpaired) electrons. The molecule has 100 valence electrons. The van der Waals surface area contributed by atoms with Crippen molar-refractivity contribution in [3.05, 3.63) is 40.5 Å². The van der Waals surface area contributed by atoms with Gasteiger partial charge in [-0.25, -0.2) is 0 Å². The van der Waals surface area contributed by atoms with Gasteiger partial charge in [0.1, 0.15) is 0 Å². The molecule has 2 rings (SSSR count). The van der Waals surface area contributed by atoms with Gasteiger partial charge in [-0.3, -0.25) is 9.89 Å². The van der Waals surface area contributed by atoms with Crippen LogP contribution in [0.1, 0.15) is 30.1 Å². The lowest BCUT2D eigenvalue weighted by atomic mass is 10.1. The molecule has 1 heterocycles. The molecule has 0 aliphatic rings. The van der Waals surface area contributed by atoms with Crippen molar-refractivity contribution in [1.82, 2.24) is 15.5 Å². The number of nitrogens with one attached hydrogen (secondary N) is 2. The molecule has 0 saturated carbocycles. The largest absolute Gasteiger partial charge is 0.352 e. The molecule has 0 aliphatic carbocycles. The normalized spacial score (nSPS) is 10.4. The first-order chi connectivity index (χ1) is 9.22. The molecule has 0 fully saturated rings. The highest BCUT2D eigenvalue weighted by Gasteiger charge is 2.14. The number of H-pyrrole nitrogens is 1.